The molecular formula is C14H18O. The van der Waals surface area contributed by atoms with Crippen molar-refractivity contribution in [1.29, 1.82) is 0 Å². The normalized spacial score (nSPS) is 12.1. The molecule has 0 fully saturated rings. The number of hydrogen-bond acceptors (Lipinski definition) is 1. The van der Waals surface area contributed by atoms with E-state index in [4.69, 9.17) is 6.42 Å². The number of rotatable bonds is 5. The summed E-state index contributed by atoms with van der Waals surface area (Å²) in [5.74, 6) is 2.59. The van der Waals surface area contributed by atoms with E-state index < -0.39 is 0 Å². The quantitative estimate of drug-likeness (QED) is 0.574. The van der Waals surface area contributed by atoms with Crippen LogP contribution < -0.4 is 0 Å². The Bertz CT molecular complexity index is 335. The van der Waals surface area contributed by atoms with Crippen molar-refractivity contribution in [2.75, 3.05) is 0 Å². The molecule has 1 aromatic rings. The van der Waals surface area contributed by atoms with E-state index in [1.54, 1.807) is 0 Å². The number of unbranched alkanes of at least 4 members (excludes halogenated alkanes) is 1. The molecule has 1 heteroatoms. The first-order chi connectivity index (χ1) is 7.29. The smallest absolute Gasteiger partial charge is 0.0793 e. The first-order valence-electron chi connectivity index (χ1n) is 5.49. The summed E-state index contributed by atoms with van der Waals surface area (Å²) in [5, 5.41) is 9.99. The number of benzene rings is 1. The molecule has 0 spiro atoms. The third kappa shape index (κ3) is 3.42. The van der Waals surface area contributed by atoms with E-state index in [9.17, 15) is 5.11 Å². The lowest BCUT2D eigenvalue weighted by atomic mass is 9.97. The summed E-state index contributed by atoms with van der Waals surface area (Å²) >= 11 is 0. The van der Waals surface area contributed by atoms with Gasteiger partial charge in [-0.3, -0.25) is 0 Å². The lowest BCUT2D eigenvalue weighted by Gasteiger charge is -2.14. The Kier molecular flexibility index (Phi) is 4.93. The summed E-state index contributed by atoms with van der Waals surface area (Å²) in [6.45, 7) is 2.10. The highest BCUT2D eigenvalue weighted by Gasteiger charge is 2.09. The molecule has 0 bridgehead atoms. The predicted octanol–water partition coefficient (Wildman–Crippen LogP) is 3.09. The van der Waals surface area contributed by atoms with Crippen molar-refractivity contribution in [2.24, 2.45) is 0 Å². The predicted molar refractivity (Wildman–Crippen MR) is 63.5 cm³/mol. The second kappa shape index (κ2) is 6.27. The zero-order valence-corrected chi connectivity index (χ0v) is 9.24. The number of terminal acetylenes is 1. The van der Waals surface area contributed by atoms with Crippen LogP contribution in [0.1, 0.15) is 43.4 Å². The highest BCUT2D eigenvalue weighted by molar-refractivity contribution is 5.28. The van der Waals surface area contributed by atoms with Gasteiger partial charge in [0.2, 0.25) is 0 Å². The van der Waals surface area contributed by atoms with Gasteiger partial charge in [-0.05, 0) is 30.4 Å². The minimum Gasteiger partial charge on any atom is -0.388 e. The first-order valence-corrected chi connectivity index (χ1v) is 5.49. The SMILES string of the molecule is C#CCCCC(O)c1ccccc1CC. The van der Waals surface area contributed by atoms with E-state index in [0.29, 0.717) is 0 Å². The molecule has 0 amide bonds. The van der Waals surface area contributed by atoms with Gasteiger partial charge in [-0.2, -0.15) is 0 Å². The highest BCUT2D eigenvalue weighted by Crippen LogP contribution is 2.22. The Hall–Kier alpha value is -1.26. The Morgan fingerprint density at radius 2 is 2.13 bits per heavy atom. The summed E-state index contributed by atoms with van der Waals surface area (Å²) in [5.41, 5.74) is 2.28. The van der Waals surface area contributed by atoms with E-state index in [-0.39, 0.29) is 6.10 Å². The average Bonchev–Trinajstić information content (AvgIpc) is 2.29. The van der Waals surface area contributed by atoms with Gasteiger partial charge in [0.05, 0.1) is 6.10 Å². The van der Waals surface area contributed by atoms with E-state index in [0.717, 1.165) is 31.2 Å². The van der Waals surface area contributed by atoms with Crippen molar-refractivity contribution < 1.29 is 5.11 Å². The lowest BCUT2D eigenvalue weighted by molar-refractivity contribution is 0.164. The van der Waals surface area contributed by atoms with Crippen molar-refractivity contribution in [1.82, 2.24) is 0 Å². The second-order valence-electron chi connectivity index (χ2n) is 3.66. The monoisotopic (exact) mass is 202 g/mol. The van der Waals surface area contributed by atoms with Gasteiger partial charge in [0.1, 0.15) is 0 Å². The van der Waals surface area contributed by atoms with Crippen LogP contribution in [0.25, 0.3) is 0 Å². The summed E-state index contributed by atoms with van der Waals surface area (Å²) in [4.78, 5) is 0. The molecule has 0 aliphatic heterocycles. The van der Waals surface area contributed by atoms with Gasteiger partial charge in [0.25, 0.3) is 0 Å². The number of aliphatic hydroxyl groups excluding tert-OH is 1. The summed E-state index contributed by atoms with van der Waals surface area (Å²) < 4.78 is 0. The summed E-state index contributed by atoms with van der Waals surface area (Å²) in [7, 11) is 0. The fraction of sp³-hybridized carbons (Fsp3) is 0.429. The summed E-state index contributed by atoms with van der Waals surface area (Å²) in [6, 6.07) is 8.05. The van der Waals surface area contributed by atoms with Gasteiger partial charge < -0.3 is 5.11 Å². The maximum Gasteiger partial charge on any atom is 0.0793 e. The number of aliphatic hydroxyl groups is 1. The van der Waals surface area contributed by atoms with Crippen molar-refractivity contribution in [2.45, 2.75) is 38.7 Å². The molecule has 15 heavy (non-hydrogen) atoms. The van der Waals surface area contributed by atoms with Crippen molar-refractivity contribution in [3.05, 3.63) is 35.4 Å². The molecule has 80 valence electrons. The maximum atomic E-state index is 9.99. The minimum atomic E-state index is -0.366. The van der Waals surface area contributed by atoms with Crippen LogP contribution in [0.3, 0.4) is 0 Å². The third-order valence-corrected chi connectivity index (χ3v) is 2.59. The molecule has 0 aliphatic carbocycles. The van der Waals surface area contributed by atoms with E-state index in [1.165, 1.54) is 5.56 Å². The van der Waals surface area contributed by atoms with E-state index in [2.05, 4.69) is 18.9 Å². The van der Waals surface area contributed by atoms with Crippen LogP contribution in [0.5, 0.6) is 0 Å². The van der Waals surface area contributed by atoms with Crippen molar-refractivity contribution in [3.63, 3.8) is 0 Å². The Morgan fingerprint density at radius 1 is 1.40 bits per heavy atom. The molecule has 1 N–H and O–H groups in total. The van der Waals surface area contributed by atoms with Gasteiger partial charge in [0, 0.05) is 6.42 Å². The van der Waals surface area contributed by atoms with Crippen LogP contribution in [-0.4, -0.2) is 5.11 Å². The molecule has 0 heterocycles. The number of hydrogen-bond donors (Lipinski definition) is 1. The summed E-state index contributed by atoms with van der Waals surface area (Å²) in [6.07, 6.45) is 8.15. The van der Waals surface area contributed by atoms with Crippen molar-refractivity contribution >= 4 is 0 Å². The molecule has 0 saturated carbocycles. The van der Waals surface area contributed by atoms with Crippen molar-refractivity contribution in [3.8, 4) is 12.3 Å². The molecule has 1 rings (SSSR count). The zero-order valence-electron chi connectivity index (χ0n) is 9.24. The van der Waals surface area contributed by atoms with Gasteiger partial charge in [-0.1, -0.05) is 31.2 Å². The van der Waals surface area contributed by atoms with Gasteiger partial charge >= 0.3 is 0 Å². The Balaban J connectivity index is 2.64. The fourth-order valence-corrected chi connectivity index (χ4v) is 1.73. The molecule has 0 radical (unpaired) electrons. The molecule has 1 aromatic carbocycles. The van der Waals surface area contributed by atoms with E-state index in [1.807, 2.05) is 18.2 Å². The molecule has 0 aliphatic rings. The standard InChI is InChI=1S/C14H18O/c1-3-5-6-11-14(15)13-10-8-7-9-12(13)4-2/h1,7-10,14-15H,4-6,11H2,2H3. The zero-order chi connectivity index (χ0) is 11.1. The van der Waals surface area contributed by atoms with Crippen LogP contribution in [-0.2, 0) is 6.42 Å². The van der Waals surface area contributed by atoms with Crippen LogP contribution in [0.15, 0.2) is 24.3 Å². The molecule has 0 aromatic heterocycles. The van der Waals surface area contributed by atoms with Gasteiger partial charge in [-0.15, -0.1) is 12.3 Å². The van der Waals surface area contributed by atoms with Crippen LogP contribution in [0, 0.1) is 12.3 Å². The van der Waals surface area contributed by atoms with Crippen LogP contribution in [0.2, 0.25) is 0 Å². The minimum absolute atomic E-state index is 0.366. The molecular weight excluding hydrogens is 184 g/mol. The van der Waals surface area contributed by atoms with Crippen LogP contribution >= 0.6 is 0 Å². The van der Waals surface area contributed by atoms with E-state index >= 15 is 0 Å². The maximum absolute atomic E-state index is 9.99. The molecule has 1 atom stereocenters. The highest BCUT2D eigenvalue weighted by atomic mass is 16.3. The van der Waals surface area contributed by atoms with Gasteiger partial charge in [0.15, 0.2) is 0 Å². The molecule has 0 saturated heterocycles. The third-order valence-electron chi connectivity index (χ3n) is 2.59. The second-order valence-corrected chi connectivity index (χ2v) is 3.66. The first kappa shape index (κ1) is 11.8. The number of aryl methyl sites for hydroxylation is 1. The topological polar surface area (TPSA) is 20.2 Å². The molecule has 1 nitrogen and oxygen atoms in total. The Morgan fingerprint density at radius 3 is 2.80 bits per heavy atom. The molecule has 1 unspecified atom stereocenters. The fourth-order valence-electron chi connectivity index (χ4n) is 1.73. The van der Waals surface area contributed by atoms with Crippen LogP contribution in [0.4, 0.5) is 0 Å². The largest absolute Gasteiger partial charge is 0.388 e. The average molecular weight is 202 g/mol. The van der Waals surface area contributed by atoms with Gasteiger partial charge in [-0.25, -0.2) is 0 Å². The Labute approximate surface area is 92.1 Å². The lowest BCUT2D eigenvalue weighted by Crippen LogP contribution is -2.01.